The molecule has 0 aromatic carbocycles. The van der Waals surface area contributed by atoms with Gasteiger partial charge in [-0.2, -0.15) is 0 Å². The molecule has 0 saturated heterocycles. The van der Waals surface area contributed by atoms with Gasteiger partial charge in [0.15, 0.2) is 0 Å². The van der Waals surface area contributed by atoms with Gasteiger partial charge in [-0.3, -0.25) is 4.79 Å². The zero-order valence-electron chi connectivity index (χ0n) is 11.9. The molecule has 106 valence electrons. The molecule has 1 rings (SSSR count). The summed E-state index contributed by atoms with van der Waals surface area (Å²) < 4.78 is 0. The Morgan fingerprint density at radius 2 is 1.89 bits per heavy atom. The number of unbranched alkanes of at least 4 members (excludes halogenated alkanes) is 3. The van der Waals surface area contributed by atoms with Crippen LogP contribution in [-0.4, -0.2) is 19.0 Å². The van der Waals surface area contributed by atoms with Gasteiger partial charge in [0, 0.05) is 13.0 Å². The zero-order valence-corrected chi connectivity index (χ0v) is 11.9. The first-order chi connectivity index (χ1) is 8.77. The molecule has 3 heteroatoms. The Morgan fingerprint density at radius 1 is 1.17 bits per heavy atom. The maximum atomic E-state index is 11.7. The number of nitrogens with two attached hydrogens (primary N) is 1. The summed E-state index contributed by atoms with van der Waals surface area (Å²) in [5.41, 5.74) is 5.80. The Hall–Kier alpha value is -0.570. The van der Waals surface area contributed by atoms with Crippen LogP contribution in [0.3, 0.4) is 0 Å². The number of carbonyl (C=O) groups excluding carboxylic acids is 1. The molecular weight excluding hydrogens is 224 g/mol. The quantitative estimate of drug-likeness (QED) is 0.654. The van der Waals surface area contributed by atoms with E-state index in [0.29, 0.717) is 18.3 Å². The van der Waals surface area contributed by atoms with E-state index in [4.69, 9.17) is 5.73 Å². The van der Waals surface area contributed by atoms with E-state index in [-0.39, 0.29) is 5.91 Å². The van der Waals surface area contributed by atoms with E-state index < -0.39 is 0 Å². The van der Waals surface area contributed by atoms with Crippen LogP contribution in [0.5, 0.6) is 0 Å². The van der Waals surface area contributed by atoms with Gasteiger partial charge in [-0.05, 0) is 37.6 Å². The highest BCUT2D eigenvalue weighted by atomic mass is 16.1. The predicted octanol–water partition coefficient (Wildman–Crippen LogP) is 2.84. The van der Waals surface area contributed by atoms with Crippen molar-refractivity contribution in [1.82, 2.24) is 5.32 Å². The molecule has 2 atom stereocenters. The Balaban J connectivity index is 2.12. The lowest BCUT2D eigenvalue weighted by Crippen LogP contribution is -2.36. The molecule has 1 fully saturated rings. The fourth-order valence-electron chi connectivity index (χ4n) is 2.91. The average Bonchev–Trinajstić information content (AvgIpc) is 2.41. The molecule has 0 heterocycles. The molecule has 1 aliphatic carbocycles. The fourth-order valence-corrected chi connectivity index (χ4v) is 2.91. The van der Waals surface area contributed by atoms with Crippen LogP contribution in [0.15, 0.2) is 0 Å². The smallest absolute Gasteiger partial charge is 0.220 e. The summed E-state index contributed by atoms with van der Waals surface area (Å²) in [6.45, 7) is 3.81. The van der Waals surface area contributed by atoms with Crippen LogP contribution >= 0.6 is 0 Å². The minimum absolute atomic E-state index is 0.229. The van der Waals surface area contributed by atoms with Gasteiger partial charge in [-0.15, -0.1) is 0 Å². The Bertz CT molecular complexity index is 231. The highest BCUT2D eigenvalue weighted by Crippen LogP contribution is 2.28. The van der Waals surface area contributed by atoms with Crippen LogP contribution < -0.4 is 11.1 Å². The van der Waals surface area contributed by atoms with Crippen LogP contribution in [0.25, 0.3) is 0 Å². The van der Waals surface area contributed by atoms with Crippen molar-refractivity contribution >= 4 is 5.91 Å². The van der Waals surface area contributed by atoms with Crippen LogP contribution in [0.4, 0.5) is 0 Å². The van der Waals surface area contributed by atoms with Gasteiger partial charge < -0.3 is 11.1 Å². The van der Waals surface area contributed by atoms with E-state index in [1.807, 2.05) is 0 Å². The molecule has 1 aliphatic rings. The fraction of sp³-hybridized carbons (Fsp3) is 0.933. The minimum atomic E-state index is 0.229. The van der Waals surface area contributed by atoms with Gasteiger partial charge in [0.1, 0.15) is 0 Å². The van der Waals surface area contributed by atoms with Gasteiger partial charge in [-0.1, -0.05) is 39.0 Å². The third-order valence-electron chi connectivity index (χ3n) is 4.19. The van der Waals surface area contributed by atoms with Crippen molar-refractivity contribution in [1.29, 1.82) is 0 Å². The largest absolute Gasteiger partial charge is 0.356 e. The van der Waals surface area contributed by atoms with E-state index in [9.17, 15) is 4.79 Å². The Labute approximate surface area is 112 Å². The molecular formula is C15H30N2O. The second kappa shape index (κ2) is 9.37. The van der Waals surface area contributed by atoms with Crippen molar-refractivity contribution in [3.63, 3.8) is 0 Å². The van der Waals surface area contributed by atoms with Crippen LogP contribution in [0, 0.1) is 11.8 Å². The minimum Gasteiger partial charge on any atom is -0.356 e. The predicted molar refractivity (Wildman–Crippen MR) is 76.3 cm³/mol. The van der Waals surface area contributed by atoms with Crippen molar-refractivity contribution in [2.24, 2.45) is 17.6 Å². The standard InChI is InChI=1S/C15H30N2O/c1-2-3-4-5-10-15(18)17-12-14-9-7-6-8-13(14)11-16/h13-14H,2-12,16H2,1H3,(H,17,18). The molecule has 0 radical (unpaired) electrons. The monoisotopic (exact) mass is 254 g/mol. The van der Waals surface area contributed by atoms with Gasteiger partial charge >= 0.3 is 0 Å². The molecule has 0 aliphatic heterocycles. The Morgan fingerprint density at radius 3 is 2.56 bits per heavy atom. The second-order valence-corrected chi connectivity index (χ2v) is 5.66. The van der Waals surface area contributed by atoms with Crippen molar-refractivity contribution < 1.29 is 4.79 Å². The Kier molecular flexibility index (Phi) is 8.06. The summed E-state index contributed by atoms with van der Waals surface area (Å²) in [5.74, 6) is 1.47. The summed E-state index contributed by atoms with van der Waals surface area (Å²) in [6.07, 6.45) is 10.5. The van der Waals surface area contributed by atoms with E-state index >= 15 is 0 Å². The second-order valence-electron chi connectivity index (χ2n) is 5.66. The maximum absolute atomic E-state index is 11.7. The summed E-state index contributed by atoms with van der Waals surface area (Å²) in [5, 5.41) is 3.10. The molecule has 0 aromatic heterocycles. The number of hydrogen-bond donors (Lipinski definition) is 2. The van der Waals surface area contributed by atoms with Crippen molar-refractivity contribution in [2.75, 3.05) is 13.1 Å². The van der Waals surface area contributed by atoms with Gasteiger partial charge in [0.05, 0.1) is 0 Å². The molecule has 3 N–H and O–H groups in total. The molecule has 0 aromatic rings. The summed E-state index contributed by atoms with van der Waals surface area (Å²) in [4.78, 5) is 11.7. The number of amides is 1. The van der Waals surface area contributed by atoms with E-state index in [1.165, 1.54) is 44.9 Å². The lowest BCUT2D eigenvalue weighted by molar-refractivity contribution is -0.121. The first-order valence-corrected chi connectivity index (χ1v) is 7.74. The van der Waals surface area contributed by atoms with Gasteiger partial charge in [0.2, 0.25) is 5.91 Å². The number of rotatable bonds is 8. The first kappa shape index (κ1) is 15.5. The van der Waals surface area contributed by atoms with Crippen molar-refractivity contribution in [3.05, 3.63) is 0 Å². The molecule has 0 spiro atoms. The topological polar surface area (TPSA) is 55.1 Å². The lowest BCUT2D eigenvalue weighted by Gasteiger charge is -2.30. The third-order valence-corrected chi connectivity index (χ3v) is 4.19. The highest BCUT2D eigenvalue weighted by Gasteiger charge is 2.23. The normalized spacial score (nSPS) is 23.9. The van der Waals surface area contributed by atoms with E-state index in [0.717, 1.165) is 19.5 Å². The zero-order chi connectivity index (χ0) is 13.2. The van der Waals surface area contributed by atoms with Crippen LogP contribution in [0.1, 0.15) is 64.7 Å². The van der Waals surface area contributed by atoms with Gasteiger partial charge in [0.25, 0.3) is 0 Å². The first-order valence-electron chi connectivity index (χ1n) is 7.74. The molecule has 2 unspecified atom stereocenters. The third kappa shape index (κ3) is 5.85. The number of hydrogen-bond acceptors (Lipinski definition) is 2. The highest BCUT2D eigenvalue weighted by molar-refractivity contribution is 5.75. The van der Waals surface area contributed by atoms with Crippen LogP contribution in [0.2, 0.25) is 0 Å². The summed E-state index contributed by atoms with van der Waals surface area (Å²) in [7, 11) is 0. The number of carbonyl (C=O) groups is 1. The average molecular weight is 254 g/mol. The molecule has 1 amide bonds. The van der Waals surface area contributed by atoms with E-state index in [1.54, 1.807) is 0 Å². The summed E-state index contributed by atoms with van der Waals surface area (Å²) in [6, 6.07) is 0. The SMILES string of the molecule is CCCCCCC(=O)NCC1CCCCC1CN. The maximum Gasteiger partial charge on any atom is 0.220 e. The van der Waals surface area contributed by atoms with Crippen LogP contribution in [-0.2, 0) is 4.79 Å². The van der Waals surface area contributed by atoms with E-state index in [2.05, 4.69) is 12.2 Å². The molecule has 18 heavy (non-hydrogen) atoms. The molecule has 3 nitrogen and oxygen atoms in total. The molecule has 1 saturated carbocycles. The number of nitrogens with one attached hydrogen (secondary N) is 1. The van der Waals surface area contributed by atoms with Gasteiger partial charge in [-0.25, -0.2) is 0 Å². The lowest BCUT2D eigenvalue weighted by atomic mass is 9.79. The summed E-state index contributed by atoms with van der Waals surface area (Å²) >= 11 is 0. The van der Waals surface area contributed by atoms with Crippen molar-refractivity contribution in [3.8, 4) is 0 Å². The van der Waals surface area contributed by atoms with Crippen molar-refractivity contribution in [2.45, 2.75) is 64.7 Å². The molecule has 0 bridgehead atoms.